The molecule has 0 spiro atoms. The Balaban J connectivity index is 2.11. The number of nitrogens with one attached hydrogen (secondary N) is 1. The first-order valence-electron chi connectivity index (χ1n) is 4.89. The van der Waals surface area contributed by atoms with Gasteiger partial charge in [0.25, 0.3) is 0 Å². The molecule has 0 atom stereocenters. The van der Waals surface area contributed by atoms with Crippen LogP contribution in [-0.4, -0.2) is 16.2 Å². The highest BCUT2D eigenvalue weighted by Crippen LogP contribution is 2.26. The quantitative estimate of drug-likeness (QED) is 0.908. The lowest BCUT2D eigenvalue weighted by Crippen LogP contribution is -2.07. The predicted molar refractivity (Wildman–Crippen MR) is 68.0 cm³/mol. The van der Waals surface area contributed by atoms with Gasteiger partial charge in [-0.25, -0.2) is 0 Å². The van der Waals surface area contributed by atoms with Crippen LogP contribution in [0.2, 0.25) is 0 Å². The van der Waals surface area contributed by atoms with Gasteiger partial charge in [0.15, 0.2) is 0 Å². The average Bonchev–Trinajstić information content (AvgIpc) is 2.82. The highest BCUT2D eigenvalue weighted by molar-refractivity contribution is 9.10. The van der Waals surface area contributed by atoms with Gasteiger partial charge in [0, 0.05) is 28.1 Å². The van der Waals surface area contributed by atoms with Crippen LogP contribution >= 0.6 is 27.5 Å². The summed E-state index contributed by atoms with van der Waals surface area (Å²) in [6, 6.07) is 4.87. The molecule has 2 rings (SSSR count). The summed E-state index contributed by atoms with van der Waals surface area (Å²) in [7, 11) is 0. The van der Waals surface area contributed by atoms with Gasteiger partial charge in [0.2, 0.25) is 0 Å². The number of ether oxygens (including phenoxy) is 1. The van der Waals surface area contributed by atoms with Crippen LogP contribution in [-0.2, 0) is 6.54 Å². The van der Waals surface area contributed by atoms with Crippen molar-refractivity contribution in [3.63, 3.8) is 0 Å². The molecule has 1 aromatic heterocycles. The highest BCUT2D eigenvalue weighted by atomic mass is 79.9. The monoisotopic (exact) mass is 335 g/mol. The Morgan fingerprint density at radius 2 is 2.28 bits per heavy atom. The van der Waals surface area contributed by atoms with Gasteiger partial charge in [-0.2, -0.15) is 8.78 Å². The van der Waals surface area contributed by atoms with E-state index in [1.165, 1.54) is 17.6 Å². The number of nitrogens with zero attached hydrogens (tertiary/aromatic N) is 2. The van der Waals surface area contributed by atoms with E-state index in [4.69, 9.17) is 0 Å². The number of aromatic nitrogens is 2. The van der Waals surface area contributed by atoms with E-state index in [0.717, 1.165) is 9.47 Å². The topological polar surface area (TPSA) is 47.0 Å². The summed E-state index contributed by atoms with van der Waals surface area (Å²) in [4.78, 5) is 0. The molecule has 0 bridgehead atoms. The first-order valence-corrected chi connectivity index (χ1v) is 6.46. The van der Waals surface area contributed by atoms with Crippen LogP contribution in [0.1, 0.15) is 5.56 Å². The Kier molecular flexibility index (Phi) is 4.43. The lowest BCUT2D eigenvalue weighted by Gasteiger charge is -2.11. The van der Waals surface area contributed by atoms with E-state index >= 15 is 0 Å². The maximum atomic E-state index is 12.2. The number of anilines is 1. The minimum atomic E-state index is -2.84. The van der Waals surface area contributed by atoms with Crippen LogP contribution in [0.4, 0.5) is 13.8 Å². The molecule has 96 valence electrons. The maximum Gasteiger partial charge on any atom is 0.387 e. The number of hydrogen-bond donors (Lipinski definition) is 1. The van der Waals surface area contributed by atoms with E-state index in [0.29, 0.717) is 12.1 Å². The van der Waals surface area contributed by atoms with Gasteiger partial charge in [-0.15, -0.1) is 5.10 Å². The van der Waals surface area contributed by atoms with Crippen LogP contribution in [0.25, 0.3) is 0 Å². The molecule has 0 saturated heterocycles. The second-order valence-electron chi connectivity index (χ2n) is 3.27. The second-order valence-corrected chi connectivity index (χ2v) is 4.97. The normalized spacial score (nSPS) is 10.7. The molecular formula is C10H8BrF2N3OS. The smallest absolute Gasteiger partial charge is 0.387 e. The number of benzene rings is 1. The van der Waals surface area contributed by atoms with Crippen molar-refractivity contribution in [1.29, 1.82) is 0 Å². The summed E-state index contributed by atoms with van der Waals surface area (Å²) in [5.74, 6) is 0.151. The zero-order valence-electron chi connectivity index (χ0n) is 8.94. The molecule has 4 nitrogen and oxygen atoms in total. The lowest BCUT2D eigenvalue weighted by atomic mass is 10.2. The van der Waals surface area contributed by atoms with Crippen LogP contribution < -0.4 is 10.1 Å². The Bertz CT molecular complexity index is 510. The van der Waals surface area contributed by atoms with E-state index in [1.807, 2.05) is 0 Å². The van der Waals surface area contributed by atoms with Crippen molar-refractivity contribution < 1.29 is 13.5 Å². The second kappa shape index (κ2) is 6.05. The Labute approximate surface area is 114 Å². The summed E-state index contributed by atoms with van der Waals surface area (Å²) in [5, 5.41) is 7.46. The Morgan fingerprint density at radius 3 is 2.94 bits per heavy atom. The van der Waals surface area contributed by atoms with Crippen molar-refractivity contribution in [2.75, 3.05) is 5.32 Å². The minimum absolute atomic E-state index is 0.151. The number of alkyl halides is 2. The largest absolute Gasteiger partial charge is 0.434 e. The van der Waals surface area contributed by atoms with Crippen LogP contribution in [0.3, 0.4) is 0 Å². The van der Waals surface area contributed by atoms with Gasteiger partial charge in [-0.3, -0.25) is 0 Å². The summed E-state index contributed by atoms with van der Waals surface area (Å²) in [6.07, 6.45) is 1.57. The summed E-state index contributed by atoms with van der Waals surface area (Å²) >= 11 is 4.48. The van der Waals surface area contributed by atoms with E-state index in [9.17, 15) is 8.78 Å². The molecule has 0 saturated carbocycles. The van der Waals surface area contributed by atoms with Gasteiger partial charge in [-0.05, 0) is 18.2 Å². The van der Waals surface area contributed by atoms with Gasteiger partial charge in [0.05, 0.1) is 6.20 Å². The van der Waals surface area contributed by atoms with Crippen molar-refractivity contribution in [3.8, 4) is 5.75 Å². The molecular weight excluding hydrogens is 328 g/mol. The third-order valence-electron chi connectivity index (χ3n) is 2.05. The fourth-order valence-corrected chi connectivity index (χ4v) is 2.15. The third-order valence-corrected chi connectivity index (χ3v) is 3.17. The maximum absolute atomic E-state index is 12.2. The van der Waals surface area contributed by atoms with Gasteiger partial charge in [0.1, 0.15) is 10.8 Å². The first kappa shape index (κ1) is 13.2. The molecule has 0 aliphatic heterocycles. The van der Waals surface area contributed by atoms with E-state index < -0.39 is 6.61 Å². The summed E-state index contributed by atoms with van der Waals surface area (Å²) in [6.45, 7) is -2.49. The molecule has 1 N–H and O–H groups in total. The average molecular weight is 336 g/mol. The fourth-order valence-electron chi connectivity index (χ4n) is 1.32. The molecule has 1 aromatic carbocycles. The molecule has 18 heavy (non-hydrogen) atoms. The third kappa shape index (κ3) is 3.61. The SMILES string of the molecule is FC(F)Oc1ccc(Br)cc1CNc1cnns1. The number of rotatable bonds is 5. The van der Waals surface area contributed by atoms with Gasteiger partial charge in [-0.1, -0.05) is 20.4 Å². The van der Waals surface area contributed by atoms with Crippen LogP contribution in [0.15, 0.2) is 28.9 Å². The molecule has 8 heteroatoms. The summed E-state index contributed by atoms with van der Waals surface area (Å²) < 4.78 is 33.4. The van der Waals surface area contributed by atoms with E-state index in [1.54, 1.807) is 18.3 Å². The molecule has 0 aliphatic rings. The number of halogens is 3. The van der Waals surface area contributed by atoms with E-state index in [2.05, 4.69) is 35.6 Å². The zero-order valence-corrected chi connectivity index (χ0v) is 11.3. The van der Waals surface area contributed by atoms with E-state index in [-0.39, 0.29) is 5.75 Å². The highest BCUT2D eigenvalue weighted by Gasteiger charge is 2.10. The molecule has 0 fully saturated rings. The number of hydrogen-bond acceptors (Lipinski definition) is 5. The van der Waals surface area contributed by atoms with Crippen molar-refractivity contribution in [2.45, 2.75) is 13.2 Å². The predicted octanol–water partition coefficient (Wildman–Crippen LogP) is 3.51. The Hall–Kier alpha value is -1.28. The molecule has 2 aromatic rings. The molecule has 0 radical (unpaired) electrons. The lowest BCUT2D eigenvalue weighted by molar-refractivity contribution is -0.0504. The fraction of sp³-hybridized carbons (Fsp3) is 0.200. The van der Waals surface area contributed by atoms with Gasteiger partial charge < -0.3 is 10.1 Å². The van der Waals surface area contributed by atoms with Crippen molar-refractivity contribution in [1.82, 2.24) is 9.59 Å². The molecule has 1 heterocycles. The molecule has 0 amide bonds. The van der Waals surface area contributed by atoms with Gasteiger partial charge >= 0.3 is 6.61 Å². The Morgan fingerprint density at radius 1 is 1.44 bits per heavy atom. The van der Waals surface area contributed by atoms with Crippen molar-refractivity contribution in [2.24, 2.45) is 0 Å². The standard InChI is InChI=1S/C10H8BrF2N3OS/c11-7-1-2-8(17-10(12)13)6(3-7)4-14-9-5-15-16-18-9/h1-3,5,10,14H,4H2. The first-order chi connectivity index (χ1) is 8.65. The zero-order chi connectivity index (χ0) is 13.0. The minimum Gasteiger partial charge on any atom is -0.434 e. The van der Waals surface area contributed by atoms with Crippen molar-refractivity contribution in [3.05, 3.63) is 34.4 Å². The van der Waals surface area contributed by atoms with Crippen LogP contribution in [0.5, 0.6) is 5.75 Å². The van der Waals surface area contributed by atoms with Crippen LogP contribution in [0, 0.1) is 0 Å². The van der Waals surface area contributed by atoms with Crippen molar-refractivity contribution >= 4 is 32.5 Å². The molecule has 0 aliphatic carbocycles. The molecule has 0 unspecified atom stereocenters. The summed E-state index contributed by atoms with van der Waals surface area (Å²) in [5.41, 5.74) is 0.623.